The number of pyridine rings is 1. The molecular formula is C40H47FN4O4. The van der Waals surface area contributed by atoms with Crippen LogP contribution < -0.4 is 14.4 Å². The molecular weight excluding hydrogens is 619 g/mol. The number of nitrogens with zero attached hydrogens (tertiary/aromatic N) is 4. The number of piperazine rings is 1. The van der Waals surface area contributed by atoms with E-state index < -0.39 is 5.60 Å². The van der Waals surface area contributed by atoms with Crippen LogP contribution in [0.25, 0.3) is 11.1 Å². The molecule has 2 aliphatic heterocycles. The van der Waals surface area contributed by atoms with Gasteiger partial charge in [0.25, 0.3) is 0 Å². The minimum atomic E-state index is -0.478. The van der Waals surface area contributed by atoms with E-state index >= 15 is 4.39 Å². The van der Waals surface area contributed by atoms with E-state index in [0.717, 1.165) is 69.8 Å². The maximum Gasteiger partial charge on any atom is 0.410 e. The van der Waals surface area contributed by atoms with Crippen LogP contribution in [-0.4, -0.2) is 72.3 Å². The van der Waals surface area contributed by atoms with Gasteiger partial charge >= 0.3 is 6.09 Å². The highest BCUT2D eigenvalue weighted by Gasteiger charge is 2.29. The number of amides is 1. The zero-order valence-corrected chi connectivity index (χ0v) is 28.8. The second-order valence-electron chi connectivity index (χ2n) is 13.9. The van der Waals surface area contributed by atoms with Crippen LogP contribution in [0.2, 0.25) is 0 Å². The Bertz CT molecular complexity index is 1670. The fraction of sp³-hybridized carbons (Fsp3) is 0.400. The van der Waals surface area contributed by atoms with Crippen molar-refractivity contribution < 1.29 is 23.4 Å². The lowest BCUT2D eigenvalue weighted by molar-refractivity contribution is 0.0169. The summed E-state index contributed by atoms with van der Waals surface area (Å²) in [7, 11) is 0. The van der Waals surface area contributed by atoms with Crippen molar-refractivity contribution in [3.63, 3.8) is 0 Å². The summed E-state index contributed by atoms with van der Waals surface area (Å²) in [5.74, 6) is 1.12. The fourth-order valence-corrected chi connectivity index (χ4v) is 6.38. The number of likely N-dealkylation sites (tertiary alicyclic amines) is 1. The molecule has 1 amide bonds. The van der Waals surface area contributed by atoms with Crippen molar-refractivity contribution in [1.29, 1.82) is 0 Å². The monoisotopic (exact) mass is 666 g/mol. The predicted octanol–water partition coefficient (Wildman–Crippen LogP) is 7.81. The Labute approximate surface area is 289 Å². The standard InChI is InChI=1S/C40H47FN4O4/c1-40(2,3)49-39(46)45-20-18-30(19-21-45)27-43-22-24-44(25-23-43)36-16-14-33(26-35(36)41)34-15-17-37(47-28-31-10-6-4-7-11-31)42-38(34)48-29-32-12-8-5-9-13-32/h4-17,26,30H,18-25,27-29H2,1-3H3. The first-order valence-corrected chi connectivity index (χ1v) is 17.3. The summed E-state index contributed by atoms with van der Waals surface area (Å²) in [6.45, 7) is 12.1. The summed E-state index contributed by atoms with van der Waals surface area (Å²) in [4.78, 5) is 23.6. The van der Waals surface area contributed by atoms with Crippen LogP contribution in [0.3, 0.4) is 0 Å². The molecule has 3 heterocycles. The lowest BCUT2D eigenvalue weighted by Crippen LogP contribution is -2.49. The van der Waals surface area contributed by atoms with Crippen LogP contribution >= 0.6 is 0 Å². The molecule has 0 saturated carbocycles. The molecule has 0 N–H and O–H groups in total. The van der Waals surface area contributed by atoms with E-state index in [0.29, 0.717) is 47.7 Å². The van der Waals surface area contributed by atoms with E-state index in [2.05, 4.69) is 9.80 Å². The van der Waals surface area contributed by atoms with Gasteiger partial charge in [-0.2, -0.15) is 4.98 Å². The minimum absolute atomic E-state index is 0.218. The number of hydrogen-bond donors (Lipinski definition) is 0. The Morgan fingerprint density at radius 1 is 0.796 bits per heavy atom. The van der Waals surface area contributed by atoms with Crippen LogP contribution in [0.5, 0.6) is 11.8 Å². The first kappa shape index (κ1) is 34.2. The smallest absolute Gasteiger partial charge is 0.410 e. The number of rotatable bonds is 10. The topological polar surface area (TPSA) is 67.4 Å². The van der Waals surface area contributed by atoms with E-state index in [1.165, 1.54) is 0 Å². The number of halogens is 1. The van der Waals surface area contributed by atoms with Crippen molar-refractivity contribution in [2.75, 3.05) is 50.7 Å². The molecule has 9 heteroatoms. The lowest BCUT2D eigenvalue weighted by atomic mass is 9.96. The van der Waals surface area contributed by atoms with Crippen molar-refractivity contribution >= 4 is 11.8 Å². The van der Waals surface area contributed by atoms with Gasteiger partial charge in [-0.25, -0.2) is 9.18 Å². The van der Waals surface area contributed by atoms with Crippen LogP contribution in [0.4, 0.5) is 14.9 Å². The summed E-state index contributed by atoms with van der Waals surface area (Å²) in [6, 6.07) is 28.9. The van der Waals surface area contributed by atoms with Gasteiger partial charge < -0.3 is 24.0 Å². The number of carbonyl (C=O) groups excluding carboxylic acids is 1. The maximum atomic E-state index is 15.8. The van der Waals surface area contributed by atoms with Crippen molar-refractivity contribution in [3.8, 4) is 22.9 Å². The van der Waals surface area contributed by atoms with Gasteiger partial charge in [0.2, 0.25) is 11.8 Å². The Morgan fingerprint density at radius 3 is 2.04 bits per heavy atom. The third-order valence-electron chi connectivity index (χ3n) is 9.04. The van der Waals surface area contributed by atoms with Crippen LogP contribution in [0, 0.1) is 11.7 Å². The van der Waals surface area contributed by atoms with Crippen molar-refractivity contribution in [2.45, 2.75) is 52.4 Å². The Morgan fingerprint density at radius 2 is 1.43 bits per heavy atom. The minimum Gasteiger partial charge on any atom is -0.473 e. The lowest BCUT2D eigenvalue weighted by Gasteiger charge is -2.39. The zero-order valence-electron chi connectivity index (χ0n) is 28.8. The number of piperidine rings is 1. The molecule has 0 radical (unpaired) electrons. The second-order valence-corrected chi connectivity index (χ2v) is 13.9. The Balaban J connectivity index is 1.07. The molecule has 2 saturated heterocycles. The van der Waals surface area contributed by atoms with E-state index in [9.17, 15) is 4.79 Å². The SMILES string of the molecule is CC(C)(C)OC(=O)N1CCC(CN2CCN(c3ccc(-c4ccc(OCc5ccccc5)nc4OCc4ccccc4)cc3F)CC2)CC1. The normalized spacial score (nSPS) is 16.0. The first-order chi connectivity index (χ1) is 23.7. The maximum absolute atomic E-state index is 15.8. The second kappa shape index (κ2) is 15.7. The molecule has 8 nitrogen and oxygen atoms in total. The van der Waals surface area contributed by atoms with Crippen LogP contribution in [-0.2, 0) is 18.0 Å². The van der Waals surface area contributed by atoms with Crippen LogP contribution in [0.15, 0.2) is 91.0 Å². The molecule has 0 unspecified atom stereocenters. The predicted molar refractivity (Wildman–Crippen MR) is 190 cm³/mol. The zero-order chi connectivity index (χ0) is 34.2. The van der Waals surface area contributed by atoms with Crippen molar-refractivity contribution in [1.82, 2.24) is 14.8 Å². The van der Waals surface area contributed by atoms with E-state index in [-0.39, 0.29) is 11.9 Å². The van der Waals surface area contributed by atoms with Gasteiger partial charge in [-0.15, -0.1) is 0 Å². The van der Waals surface area contributed by atoms with Gasteiger partial charge in [-0.3, -0.25) is 4.90 Å². The van der Waals surface area contributed by atoms with Gasteiger partial charge in [0.15, 0.2) is 0 Å². The van der Waals surface area contributed by atoms with E-state index in [1.807, 2.05) is 105 Å². The molecule has 1 aromatic heterocycles. The fourth-order valence-electron chi connectivity index (χ4n) is 6.38. The van der Waals surface area contributed by atoms with Gasteiger partial charge in [0, 0.05) is 57.4 Å². The van der Waals surface area contributed by atoms with E-state index in [1.54, 1.807) is 12.1 Å². The summed E-state index contributed by atoms with van der Waals surface area (Å²) in [5.41, 5.74) is 3.58. The average molecular weight is 667 g/mol. The molecule has 4 aromatic rings. The number of anilines is 1. The molecule has 2 fully saturated rings. The Hall–Kier alpha value is -4.63. The number of benzene rings is 3. The molecule has 258 valence electrons. The first-order valence-electron chi connectivity index (χ1n) is 17.3. The number of aromatic nitrogens is 1. The average Bonchev–Trinajstić information content (AvgIpc) is 3.11. The summed E-state index contributed by atoms with van der Waals surface area (Å²) in [5, 5.41) is 0. The molecule has 6 rings (SSSR count). The number of carbonyl (C=O) groups is 1. The van der Waals surface area contributed by atoms with Crippen LogP contribution in [0.1, 0.15) is 44.7 Å². The van der Waals surface area contributed by atoms with Gasteiger partial charge in [-0.05, 0) is 74.4 Å². The third-order valence-corrected chi connectivity index (χ3v) is 9.04. The summed E-state index contributed by atoms with van der Waals surface area (Å²) in [6.07, 6.45) is 1.73. The molecule has 0 atom stereocenters. The summed E-state index contributed by atoms with van der Waals surface area (Å²) < 4.78 is 33.5. The highest BCUT2D eigenvalue weighted by Crippen LogP contribution is 2.34. The van der Waals surface area contributed by atoms with E-state index in [4.69, 9.17) is 19.2 Å². The van der Waals surface area contributed by atoms with Gasteiger partial charge in [-0.1, -0.05) is 66.7 Å². The molecule has 3 aromatic carbocycles. The highest BCUT2D eigenvalue weighted by molar-refractivity contribution is 5.71. The molecule has 49 heavy (non-hydrogen) atoms. The molecule has 0 spiro atoms. The summed E-state index contributed by atoms with van der Waals surface area (Å²) >= 11 is 0. The van der Waals surface area contributed by atoms with Gasteiger partial charge in [0.1, 0.15) is 24.6 Å². The van der Waals surface area contributed by atoms with Crippen molar-refractivity contribution in [2.24, 2.45) is 5.92 Å². The van der Waals surface area contributed by atoms with Gasteiger partial charge in [0.05, 0.1) is 5.69 Å². The quantitative estimate of drug-likeness (QED) is 0.171. The Kier molecular flexibility index (Phi) is 11.0. The molecule has 2 aliphatic rings. The highest BCUT2D eigenvalue weighted by atomic mass is 19.1. The molecule has 0 aliphatic carbocycles. The third kappa shape index (κ3) is 9.50. The number of ether oxygens (including phenoxy) is 3. The largest absolute Gasteiger partial charge is 0.473 e. The number of hydrogen-bond acceptors (Lipinski definition) is 7. The van der Waals surface area contributed by atoms with Crippen molar-refractivity contribution in [3.05, 3.63) is 108 Å². The molecule has 0 bridgehead atoms.